The molecule has 0 aliphatic rings. The van der Waals surface area contributed by atoms with Gasteiger partial charge in [-0.2, -0.15) is 0 Å². The Morgan fingerprint density at radius 3 is 0.846 bits per heavy atom. The van der Waals surface area contributed by atoms with Crippen molar-refractivity contribution in [2.45, 2.75) is 354 Å². The maximum atomic E-state index is 12.8. The largest absolute Gasteiger partial charge is 0.472 e. The summed E-state index contributed by atoms with van der Waals surface area (Å²) in [5.41, 5.74) is 5.41. The Balaban J connectivity index is 3.81. The van der Waals surface area contributed by atoms with Crippen LogP contribution in [0.15, 0.2) is 122 Å². The molecule has 2 atom stereocenters. The summed E-state index contributed by atoms with van der Waals surface area (Å²) in [6, 6.07) is 0. The second kappa shape index (κ2) is 75.4. The average Bonchev–Trinajstić information content (AvgIpc) is 3.71. The summed E-state index contributed by atoms with van der Waals surface area (Å²) in [7, 11) is -4.40. The topological polar surface area (TPSA) is 134 Å². The predicted molar refractivity (Wildman–Crippen MR) is 394 cm³/mol. The fraction of sp³-hybridized carbons (Fsp3) is 0.728. The van der Waals surface area contributed by atoms with Gasteiger partial charge in [-0.05, 0) is 103 Å². The van der Waals surface area contributed by atoms with Gasteiger partial charge in [0.05, 0.1) is 13.2 Å². The number of phosphoric ester groups is 1. The van der Waals surface area contributed by atoms with E-state index in [0.717, 1.165) is 103 Å². The lowest BCUT2D eigenvalue weighted by Crippen LogP contribution is -2.29. The summed E-state index contributed by atoms with van der Waals surface area (Å²) in [4.78, 5) is 35.4. The van der Waals surface area contributed by atoms with Crippen LogP contribution in [0.5, 0.6) is 0 Å². The highest BCUT2D eigenvalue weighted by molar-refractivity contribution is 7.47. The second-order valence-corrected chi connectivity index (χ2v) is 26.6. The van der Waals surface area contributed by atoms with Crippen LogP contribution in [0, 0.1) is 0 Å². The third-order valence-corrected chi connectivity index (χ3v) is 17.3. The molecule has 524 valence electrons. The van der Waals surface area contributed by atoms with E-state index < -0.39 is 26.5 Å². The van der Waals surface area contributed by atoms with Crippen LogP contribution < -0.4 is 5.73 Å². The lowest BCUT2D eigenvalue weighted by molar-refractivity contribution is -0.161. The summed E-state index contributed by atoms with van der Waals surface area (Å²) in [6.45, 7) is 3.56. The van der Waals surface area contributed by atoms with Crippen molar-refractivity contribution in [3.05, 3.63) is 122 Å². The Bertz CT molecular complexity index is 1910. The molecule has 2 unspecified atom stereocenters. The average molecular weight is 1290 g/mol. The van der Waals surface area contributed by atoms with Gasteiger partial charge in [0.1, 0.15) is 6.61 Å². The van der Waals surface area contributed by atoms with E-state index in [2.05, 4.69) is 135 Å². The zero-order valence-electron chi connectivity index (χ0n) is 59.1. The van der Waals surface area contributed by atoms with Gasteiger partial charge in [0, 0.05) is 19.4 Å². The molecule has 3 N–H and O–H groups in total. The molecule has 10 heteroatoms. The van der Waals surface area contributed by atoms with Crippen LogP contribution in [0.3, 0.4) is 0 Å². The molecule has 0 fully saturated rings. The van der Waals surface area contributed by atoms with Gasteiger partial charge in [-0.3, -0.25) is 18.6 Å². The minimum Gasteiger partial charge on any atom is -0.462 e. The van der Waals surface area contributed by atoms with E-state index in [1.165, 1.54) is 212 Å². The molecule has 0 rings (SSSR count). The fourth-order valence-electron chi connectivity index (χ4n) is 10.8. The van der Waals surface area contributed by atoms with Crippen molar-refractivity contribution in [1.82, 2.24) is 0 Å². The lowest BCUT2D eigenvalue weighted by atomic mass is 10.0. The molecule has 0 aliphatic carbocycles. The van der Waals surface area contributed by atoms with Crippen molar-refractivity contribution in [3.63, 3.8) is 0 Å². The third-order valence-electron chi connectivity index (χ3n) is 16.3. The van der Waals surface area contributed by atoms with E-state index in [1.54, 1.807) is 0 Å². The first-order valence-electron chi connectivity index (χ1n) is 38.0. The monoisotopic (exact) mass is 1290 g/mol. The Hall–Kier alpha value is -3.59. The number of hydrogen-bond acceptors (Lipinski definition) is 8. The number of carbonyl (C=O) groups is 2. The van der Waals surface area contributed by atoms with Gasteiger partial charge in [0.25, 0.3) is 0 Å². The number of esters is 2. The van der Waals surface area contributed by atoms with Gasteiger partial charge >= 0.3 is 19.8 Å². The van der Waals surface area contributed by atoms with Crippen molar-refractivity contribution < 1.29 is 37.6 Å². The SMILES string of the molecule is CC/C=C\C/C=C\C/C=C\C/C=C\C/C=C\C/C=C\CCCCCCCCCCCCCCCCCCCCCCC(=O)OC(COC(=O)CCCCCCCCCCCCCCCCCCCC/C=C\C/C=C\C/C=C\C/C=C\CC)COP(=O)(O)OCCN. The quantitative estimate of drug-likeness (QED) is 0.0264. The van der Waals surface area contributed by atoms with Crippen LogP contribution in [0.4, 0.5) is 0 Å². The molecule has 0 saturated carbocycles. The summed E-state index contributed by atoms with van der Waals surface area (Å²) in [5.74, 6) is -0.814. The zero-order valence-corrected chi connectivity index (χ0v) is 59.9. The first-order valence-corrected chi connectivity index (χ1v) is 39.5. The molecule has 0 aliphatic heterocycles. The Morgan fingerprint density at radius 2 is 0.571 bits per heavy atom. The van der Waals surface area contributed by atoms with Gasteiger partial charge in [0.15, 0.2) is 6.10 Å². The molecule has 0 radical (unpaired) electrons. The number of unbranched alkanes of at least 4 members (excludes halogenated alkanes) is 38. The van der Waals surface area contributed by atoms with Crippen LogP contribution in [-0.2, 0) is 32.7 Å². The van der Waals surface area contributed by atoms with Crippen molar-refractivity contribution in [1.29, 1.82) is 0 Å². The minimum absolute atomic E-state index is 0.0519. The predicted octanol–water partition coefficient (Wildman–Crippen LogP) is 25.4. The zero-order chi connectivity index (χ0) is 65.8. The molecule has 91 heavy (non-hydrogen) atoms. The first-order chi connectivity index (χ1) is 44.8. The van der Waals surface area contributed by atoms with Gasteiger partial charge in [-0.25, -0.2) is 4.57 Å². The van der Waals surface area contributed by atoms with Crippen LogP contribution >= 0.6 is 7.82 Å². The Labute approximate surface area is 561 Å². The maximum Gasteiger partial charge on any atom is 0.472 e. The molecule has 0 aromatic carbocycles. The molecule has 0 spiro atoms. The van der Waals surface area contributed by atoms with Gasteiger partial charge in [0.2, 0.25) is 0 Å². The van der Waals surface area contributed by atoms with Crippen LogP contribution in [0.25, 0.3) is 0 Å². The van der Waals surface area contributed by atoms with E-state index in [-0.39, 0.29) is 38.6 Å². The highest BCUT2D eigenvalue weighted by Gasteiger charge is 2.26. The number of ether oxygens (including phenoxy) is 2. The lowest BCUT2D eigenvalue weighted by Gasteiger charge is -2.19. The van der Waals surface area contributed by atoms with Crippen molar-refractivity contribution in [2.24, 2.45) is 5.73 Å². The minimum atomic E-state index is -4.40. The number of allylic oxidation sites excluding steroid dienone is 20. The number of carbonyl (C=O) groups excluding carboxylic acids is 2. The van der Waals surface area contributed by atoms with E-state index in [9.17, 15) is 19.0 Å². The Morgan fingerprint density at radius 1 is 0.330 bits per heavy atom. The van der Waals surface area contributed by atoms with Crippen LogP contribution in [0.1, 0.15) is 348 Å². The Kier molecular flexibility index (Phi) is 72.5. The van der Waals surface area contributed by atoms with Gasteiger partial charge in [-0.15, -0.1) is 0 Å². The summed E-state index contributed by atoms with van der Waals surface area (Å²) in [5, 5.41) is 0. The van der Waals surface area contributed by atoms with Gasteiger partial charge in [-0.1, -0.05) is 354 Å². The number of hydrogen-bond donors (Lipinski definition) is 2. The van der Waals surface area contributed by atoms with E-state index in [4.69, 9.17) is 24.3 Å². The summed E-state index contributed by atoms with van der Waals surface area (Å²) in [6.07, 6.45) is 106. The van der Waals surface area contributed by atoms with Crippen molar-refractivity contribution >= 4 is 19.8 Å². The summed E-state index contributed by atoms with van der Waals surface area (Å²) >= 11 is 0. The van der Waals surface area contributed by atoms with Gasteiger partial charge < -0.3 is 20.1 Å². The highest BCUT2D eigenvalue weighted by Crippen LogP contribution is 2.43. The molecule has 0 saturated heterocycles. The van der Waals surface area contributed by atoms with Crippen LogP contribution in [0.2, 0.25) is 0 Å². The normalized spacial score (nSPS) is 13.6. The molecule has 0 heterocycles. The second-order valence-electron chi connectivity index (χ2n) is 25.1. The molecule has 0 aromatic heterocycles. The van der Waals surface area contributed by atoms with E-state index in [1.807, 2.05) is 0 Å². The first kappa shape index (κ1) is 87.4. The van der Waals surface area contributed by atoms with Crippen LogP contribution in [-0.4, -0.2) is 49.3 Å². The highest BCUT2D eigenvalue weighted by atomic mass is 31.2. The molecule has 9 nitrogen and oxygen atoms in total. The number of rotatable bonds is 71. The number of phosphoric acid groups is 1. The summed E-state index contributed by atoms with van der Waals surface area (Å²) < 4.78 is 33.3. The molecule has 0 amide bonds. The molecular weight excluding hydrogens is 1150 g/mol. The van der Waals surface area contributed by atoms with Crippen molar-refractivity contribution in [2.75, 3.05) is 26.4 Å². The van der Waals surface area contributed by atoms with Crippen molar-refractivity contribution in [3.8, 4) is 0 Å². The molecule has 0 aromatic rings. The molecule has 0 bridgehead atoms. The van der Waals surface area contributed by atoms with E-state index in [0.29, 0.717) is 6.42 Å². The molecular formula is C81H142NO8P. The fourth-order valence-corrected chi connectivity index (χ4v) is 11.6. The number of nitrogens with two attached hydrogens (primary N) is 1. The standard InChI is InChI=1S/C81H142NO8P/c1-3-5-7-9-11-13-15-17-19-21-23-25-27-29-31-33-35-36-37-38-39-40-41-42-44-46-48-50-52-54-56-58-60-62-64-66-68-70-72-74-81(84)90-79(78-89-91(85,86)88-76-75-82)77-87-80(83)73-71-69-67-65-63-61-59-57-55-53-51-49-47-45-43-34-32-30-28-26-24-22-20-18-16-14-12-10-8-6-4-2/h5-8,11-14,17-20,23-26,29,31,35-36,79H,3-4,9-10,15-16,21-22,27-28,30,32-34,37-78,82H2,1-2H3,(H,85,86)/b7-5-,8-6-,13-11-,14-12-,19-17-,20-18-,25-23-,26-24-,31-29-,36-35-. The third kappa shape index (κ3) is 75.3. The van der Waals surface area contributed by atoms with E-state index >= 15 is 0 Å². The maximum absolute atomic E-state index is 12.8. The smallest absolute Gasteiger partial charge is 0.462 e.